The number of nitrogens with one attached hydrogen (secondary N) is 1. The molecule has 5 heteroatoms. The van der Waals surface area contributed by atoms with Crippen LogP contribution >= 0.6 is 0 Å². The van der Waals surface area contributed by atoms with Gasteiger partial charge in [0.1, 0.15) is 0 Å². The van der Waals surface area contributed by atoms with Crippen LogP contribution in [0.1, 0.15) is 19.8 Å². The predicted octanol–water partition coefficient (Wildman–Crippen LogP) is -0.323. The van der Waals surface area contributed by atoms with E-state index in [-0.39, 0.29) is 11.8 Å². The molecule has 0 spiro atoms. The third-order valence-corrected chi connectivity index (χ3v) is 3.52. The first-order valence-electron chi connectivity index (χ1n) is 6.47. The van der Waals surface area contributed by atoms with Gasteiger partial charge < -0.3 is 15.1 Å². The van der Waals surface area contributed by atoms with Gasteiger partial charge in [-0.05, 0) is 25.3 Å². The lowest BCUT2D eigenvalue weighted by molar-refractivity contribution is -0.151. The van der Waals surface area contributed by atoms with Crippen molar-refractivity contribution in [2.75, 3.05) is 39.3 Å². The monoisotopic (exact) mass is 239 g/mol. The van der Waals surface area contributed by atoms with Gasteiger partial charge >= 0.3 is 11.8 Å². The first-order chi connectivity index (χ1) is 8.18. The minimum Gasteiger partial charge on any atom is -0.334 e. The summed E-state index contributed by atoms with van der Waals surface area (Å²) in [6.07, 6.45) is 1.94. The fourth-order valence-electron chi connectivity index (χ4n) is 2.44. The van der Waals surface area contributed by atoms with E-state index in [0.29, 0.717) is 19.0 Å². The maximum Gasteiger partial charge on any atom is 0.312 e. The normalized spacial score (nSPS) is 25.8. The van der Waals surface area contributed by atoms with Crippen molar-refractivity contribution in [1.82, 2.24) is 15.1 Å². The highest BCUT2D eigenvalue weighted by Gasteiger charge is 2.31. The highest BCUT2D eigenvalue weighted by molar-refractivity contribution is 6.34. The first-order valence-corrected chi connectivity index (χ1v) is 6.47. The molecule has 0 saturated carbocycles. The topological polar surface area (TPSA) is 52.7 Å². The molecule has 1 atom stereocenters. The van der Waals surface area contributed by atoms with Crippen LogP contribution in [0.25, 0.3) is 0 Å². The van der Waals surface area contributed by atoms with Gasteiger partial charge in [0.25, 0.3) is 0 Å². The van der Waals surface area contributed by atoms with E-state index < -0.39 is 0 Å². The van der Waals surface area contributed by atoms with Crippen LogP contribution in [0.4, 0.5) is 0 Å². The van der Waals surface area contributed by atoms with Crippen LogP contribution in [0.2, 0.25) is 0 Å². The van der Waals surface area contributed by atoms with E-state index in [9.17, 15) is 9.59 Å². The van der Waals surface area contributed by atoms with E-state index in [2.05, 4.69) is 12.2 Å². The summed E-state index contributed by atoms with van der Waals surface area (Å²) in [6, 6.07) is 0. The molecule has 1 N–H and O–H groups in total. The molecule has 0 aromatic carbocycles. The SMILES string of the molecule is CC1CCN(C(=O)C(=O)N2CCCNCC2)C1. The lowest BCUT2D eigenvalue weighted by Gasteiger charge is -2.22. The number of rotatable bonds is 0. The molecule has 2 amide bonds. The summed E-state index contributed by atoms with van der Waals surface area (Å²) in [7, 11) is 0. The summed E-state index contributed by atoms with van der Waals surface area (Å²) in [6.45, 7) is 6.64. The van der Waals surface area contributed by atoms with E-state index in [1.165, 1.54) is 0 Å². The van der Waals surface area contributed by atoms with Gasteiger partial charge in [0, 0.05) is 32.7 Å². The summed E-state index contributed by atoms with van der Waals surface area (Å²) < 4.78 is 0. The Morgan fingerprint density at radius 1 is 1.06 bits per heavy atom. The number of carbonyl (C=O) groups is 2. The van der Waals surface area contributed by atoms with Crippen molar-refractivity contribution in [2.24, 2.45) is 5.92 Å². The largest absolute Gasteiger partial charge is 0.334 e. The molecule has 0 aliphatic carbocycles. The Labute approximate surface area is 102 Å². The molecule has 96 valence electrons. The van der Waals surface area contributed by atoms with E-state index in [1.807, 2.05) is 0 Å². The van der Waals surface area contributed by atoms with E-state index in [4.69, 9.17) is 0 Å². The standard InChI is InChI=1S/C12H21N3O2/c1-10-3-7-15(9-10)12(17)11(16)14-6-2-4-13-5-8-14/h10,13H,2-9H2,1H3. The number of likely N-dealkylation sites (tertiary alicyclic amines) is 1. The molecule has 17 heavy (non-hydrogen) atoms. The minimum atomic E-state index is -0.317. The van der Waals surface area contributed by atoms with Gasteiger partial charge in [0.05, 0.1) is 0 Å². The number of hydrogen-bond acceptors (Lipinski definition) is 3. The second kappa shape index (κ2) is 5.49. The van der Waals surface area contributed by atoms with Gasteiger partial charge in [-0.15, -0.1) is 0 Å². The van der Waals surface area contributed by atoms with E-state index in [0.717, 1.165) is 39.0 Å². The molecule has 2 heterocycles. The van der Waals surface area contributed by atoms with Gasteiger partial charge in [0.15, 0.2) is 0 Å². The quantitative estimate of drug-likeness (QED) is 0.589. The summed E-state index contributed by atoms with van der Waals surface area (Å²) >= 11 is 0. The van der Waals surface area contributed by atoms with Crippen molar-refractivity contribution in [2.45, 2.75) is 19.8 Å². The third kappa shape index (κ3) is 2.97. The average molecular weight is 239 g/mol. The van der Waals surface area contributed by atoms with Crippen molar-refractivity contribution < 1.29 is 9.59 Å². The molecule has 2 fully saturated rings. The minimum absolute atomic E-state index is 0.309. The molecule has 2 rings (SSSR count). The predicted molar refractivity (Wildman–Crippen MR) is 64.4 cm³/mol. The van der Waals surface area contributed by atoms with Crippen LogP contribution < -0.4 is 5.32 Å². The van der Waals surface area contributed by atoms with Gasteiger partial charge in [-0.3, -0.25) is 9.59 Å². The molecule has 0 radical (unpaired) electrons. The molecule has 0 aromatic rings. The van der Waals surface area contributed by atoms with Gasteiger partial charge in [-0.2, -0.15) is 0 Å². The maximum absolute atomic E-state index is 12.1. The average Bonchev–Trinajstić information content (AvgIpc) is 2.60. The first kappa shape index (κ1) is 12.4. The highest BCUT2D eigenvalue weighted by atomic mass is 16.2. The Kier molecular flexibility index (Phi) is 3.99. The fourth-order valence-corrected chi connectivity index (χ4v) is 2.44. The Bertz CT molecular complexity index is 298. The summed E-state index contributed by atoms with van der Waals surface area (Å²) in [5.41, 5.74) is 0. The van der Waals surface area contributed by atoms with Crippen LogP contribution in [0.15, 0.2) is 0 Å². The van der Waals surface area contributed by atoms with Crippen molar-refractivity contribution in [3.05, 3.63) is 0 Å². The Morgan fingerprint density at radius 2 is 1.82 bits per heavy atom. The van der Waals surface area contributed by atoms with Crippen molar-refractivity contribution in [3.63, 3.8) is 0 Å². The zero-order valence-corrected chi connectivity index (χ0v) is 10.4. The molecular weight excluding hydrogens is 218 g/mol. The number of hydrogen-bond donors (Lipinski definition) is 1. The lowest BCUT2D eigenvalue weighted by atomic mass is 10.2. The second-order valence-corrected chi connectivity index (χ2v) is 5.04. The number of carbonyl (C=O) groups excluding carboxylic acids is 2. The summed E-state index contributed by atoms with van der Waals surface area (Å²) in [5, 5.41) is 3.23. The zero-order chi connectivity index (χ0) is 12.3. The molecule has 1 unspecified atom stereocenters. The number of amides is 2. The Morgan fingerprint density at radius 3 is 2.53 bits per heavy atom. The van der Waals surface area contributed by atoms with Gasteiger partial charge in [-0.25, -0.2) is 0 Å². The second-order valence-electron chi connectivity index (χ2n) is 5.04. The smallest absolute Gasteiger partial charge is 0.312 e. The molecular formula is C12H21N3O2. The molecule has 2 aliphatic rings. The molecule has 5 nitrogen and oxygen atoms in total. The Hall–Kier alpha value is -1.10. The van der Waals surface area contributed by atoms with Crippen molar-refractivity contribution in [3.8, 4) is 0 Å². The van der Waals surface area contributed by atoms with Crippen LogP contribution in [0, 0.1) is 5.92 Å². The van der Waals surface area contributed by atoms with Gasteiger partial charge in [0.2, 0.25) is 0 Å². The zero-order valence-electron chi connectivity index (χ0n) is 10.4. The van der Waals surface area contributed by atoms with Crippen LogP contribution in [-0.4, -0.2) is 60.9 Å². The molecule has 2 aliphatic heterocycles. The van der Waals surface area contributed by atoms with Crippen LogP contribution in [-0.2, 0) is 9.59 Å². The van der Waals surface area contributed by atoms with Gasteiger partial charge in [-0.1, -0.05) is 6.92 Å². The van der Waals surface area contributed by atoms with Crippen LogP contribution in [0.3, 0.4) is 0 Å². The van der Waals surface area contributed by atoms with E-state index >= 15 is 0 Å². The summed E-state index contributed by atoms with van der Waals surface area (Å²) in [5.74, 6) is -0.100. The summed E-state index contributed by atoms with van der Waals surface area (Å²) in [4.78, 5) is 27.5. The van der Waals surface area contributed by atoms with E-state index in [1.54, 1.807) is 9.80 Å². The lowest BCUT2D eigenvalue weighted by Crippen LogP contribution is -2.45. The highest BCUT2D eigenvalue weighted by Crippen LogP contribution is 2.15. The molecule has 0 bridgehead atoms. The Balaban J connectivity index is 1.91. The third-order valence-electron chi connectivity index (χ3n) is 3.52. The fraction of sp³-hybridized carbons (Fsp3) is 0.833. The molecule has 0 aromatic heterocycles. The molecule has 2 saturated heterocycles. The maximum atomic E-state index is 12.1. The van der Waals surface area contributed by atoms with Crippen molar-refractivity contribution >= 4 is 11.8 Å². The van der Waals surface area contributed by atoms with Crippen molar-refractivity contribution in [1.29, 1.82) is 0 Å². The number of nitrogens with zero attached hydrogens (tertiary/aromatic N) is 2. The van der Waals surface area contributed by atoms with Crippen LogP contribution in [0.5, 0.6) is 0 Å².